The largest absolute Gasteiger partial charge is 0.359 e. The Morgan fingerprint density at radius 1 is 0.625 bits per heavy atom. The molecule has 24 heavy (non-hydrogen) atoms. The summed E-state index contributed by atoms with van der Waals surface area (Å²) in [4.78, 5) is 4.99. The van der Waals surface area contributed by atoms with E-state index >= 15 is 0 Å². The summed E-state index contributed by atoms with van der Waals surface area (Å²) in [7, 11) is 2.24. The molecule has 2 heteroatoms. The number of nitrogens with zero attached hydrogens (tertiary/aromatic N) is 2. The van der Waals surface area contributed by atoms with Crippen molar-refractivity contribution in [2.24, 2.45) is 0 Å². The molecule has 1 rings (SSSR count). The van der Waals surface area contributed by atoms with E-state index < -0.39 is 0 Å². The van der Waals surface area contributed by atoms with Crippen LogP contribution in [0.2, 0.25) is 0 Å². The summed E-state index contributed by atoms with van der Waals surface area (Å²) < 4.78 is 0. The predicted octanol–water partition coefficient (Wildman–Crippen LogP) is 6.92. The van der Waals surface area contributed by atoms with Crippen molar-refractivity contribution in [1.82, 2.24) is 9.80 Å². The number of hydrogen-bond donors (Lipinski definition) is 0. The average Bonchev–Trinajstić information content (AvgIpc) is 2.93. The fourth-order valence-corrected chi connectivity index (χ4v) is 3.75. The van der Waals surface area contributed by atoms with E-state index in [1.54, 1.807) is 0 Å². The van der Waals surface area contributed by atoms with Gasteiger partial charge in [0.05, 0.1) is 0 Å². The predicted molar refractivity (Wildman–Crippen MR) is 108 cm³/mol. The maximum Gasteiger partial charge on any atom is 0.100 e. The molecule has 0 aromatic carbocycles. The molecule has 0 N–H and O–H groups in total. The lowest BCUT2D eigenvalue weighted by Crippen LogP contribution is -2.37. The van der Waals surface area contributed by atoms with Crippen molar-refractivity contribution >= 4 is 0 Å². The van der Waals surface area contributed by atoms with Crippen LogP contribution in [0.15, 0.2) is 12.4 Å². The van der Waals surface area contributed by atoms with E-state index in [4.69, 9.17) is 0 Å². The standard InChI is InChI=1S/C22H44N2/c1-4-6-8-10-11-12-13-15-17-19-24-21-20-23(3)22(24)18-16-14-9-7-5-2/h20-22H,4-19H2,1-3H3. The molecular formula is C22H44N2. The smallest absolute Gasteiger partial charge is 0.100 e. The molecule has 1 unspecified atom stereocenters. The van der Waals surface area contributed by atoms with Gasteiger partial charge in [-0.05, 0) is 19.3 Å². The summed E-state index contributed by atoms with van der Waals surface area (Å²) in [6.07, 6.45) is 26.3. The zero-order valence-electron chi connectivity index (χ0n) is 16.9. The van der Waals surface area contributed by atoms with Crippen molar-refractivity contribution in [3.05, 3.63) is 12.4 Å². The summed E-state index contributed by atoms with van der Waals surface area (Å²) in [6.45, 7) is 5.83. The second kappa shape index (κ2) is 14.7. The first-order valence-corrected chi connectivity index (χ1v) is 11.0. The van der Waals surface area contributed by atoms with Crippen molar-refractivity contribution in [2.75, 3.05) is 13.6 Å². The van der Waals surface area contributed by atoms with Crippen LogP contribution in [-0.4, -0.2) is 29.6 Å². The molecule has 2 nitrogen and oxygen atoms in total. The molecule has 1 aliphatic heterocycles. The molecule has 1 aliphatic rings. The van der Waals surface area contributed by atoms with Gasteiger partial charge in [0.25, 0.3) is 0 Å². The normalized spacial score (nSPS) is 17.2. The zero-order valence-corrected chi connectivity index (χ0v) is 16.9. The third kappa shape index (κ3) is 9.59. The Kier molecular flexibility index (Phi) is 13.1. The number of unbranched alkanes of at least 4 members (excludes halogenated alkanes) is 12. The van der Waals surface area contributed by atoms with Gasteiger partial charge in [0.1, 0.15) is 6.17 Å². The van der Waals surface area contributed by atoms with Crippen LogP contribution in [0, 0.1) is 0 Å². The van der Waals surface area contributed by atoms with E-state index in [-0.39, 0.29) is 0 Å². The van der Waals surface area contributed by atoms with Gasteiger partial charge in [-0.25, -0.2) is 0 Å². The van der Waals surface area contributed by atoms with Gasteiger partial charge in [0.15, 0.2) is 0 Å². The maximum absolute atomic E-state index is 2.58. The van der Waals surface area contributed by atoms with Gasteiger partial charge in [0, 0.05) is 26.0 Å². The van der Waals surface area contributed by atoms with E-state index in [1.165, 1.54) is 103 Å². The van der Waals surface area contributed by atoms with Gasteiger partial charge in [0.2, 0.25) is 0 Å². The fraction of sp³-hybridized carbons (Fsp3) is 0.909. The molecule has 0 saturated heterocycles. The Hall–Kier alpha value is -0.660. The first kappa shape index (κ1) is 21.4. The monoisotopic (exact) mass is 336 g/mol. The first-order valence-electron chi connectivity index (χ1n) is 11.0. The second-order valence-corrected chi connectivity index (χ2v) is 7.71. The molecule has 0 bridgehead atoms. The highest BCUT2D eigenvalue weighted by atomic mass is 15.4. The molecule has 0 aromatic rings. The van der Waals surface area contributed by atoms with Gasteiger partial charge >= 0.3 is 0 Å². The van der Waals surface area contributed by atoms with Crippen LogP contribution < -0.4 is 0 Å². The van der Waals surface area contributed by atoms with E-state index in [1.807, 2.05) is 0 Å². The van der Waals surface area contributed by atoms with E-state index in [9.17, 15) is 0 Å². The molecule has 0 aromatic heterocycles. The minimum Gasteiger partial charge on any atom is -0.359 e. The van der Waals surface area contributed by atoms with Gasteiger partial charge < -0.3 is 9.80 Å². The summed E-state index contributed by atoms with van der Waals surface area (Å²) in [5.74, 6) is 0. The lowest BCUT2D eigenvalue weighted by molar-refractivity contribution is 0.159. The highest BCUT2D eigenvalue weighted by molar-refractivity contribution is 4.95. The molecule has 0 radical (unpaired) electrons. The van der Waals surface area contributed by atoms with Crippen LogP contribution >= 0.6 is 0 Å². The minimum atomic E-state index is 0.626. The summed E-state index contributed by atoms with van der Waals surface area (Å²) in [5.41, 5.74) is 0. The molecule has 0 amide bonds. The summed E-state index contributed by atoms with van der Waals surface area (Å²) in [6, 6.07) is 0. The fourth-order valence-electron chi connectivity index (χ4n) is 3.75. The van der Waals surface area contributed by atoms with Crippen molar-refractivity contribution in [3.8, 4) is 0 Å². The van der Waals surface area contributed by atoms with Gasteiger partial charge in [-0.3, -0.25) is 0 Å². The Balaban J connectivity index is 2.02. The minimum absolute atomic E-state index is 0.626. The maximum atomic E-state index is 2.58. The number of rotatable bonds is 16. The summed E-state index contributed by atoms with van der Waals surface area (Å²) in [5, 5.41) is 0. The van der Waals surface area contributed by atoms with Gasteiger partial charge in [-0.2, -0.15) is 0 Å². The topological polar surface area (TPSA) is 6.48 Å². The summed E-state index contributed by atoms with van der Waals surface area (Å²) >= 11 is 0. The second-order valence-electron chi connectivity index (χ2n) is 7.71. The van der Waals surface area contributed by atoms with Crippen LogP contribution in [0.3, 0.4) is 0 Å². The van der Waals surface area contributed by atoms with Crippen molar-refractivity contribution in [3.63, 3.8) is 0 Å². The SMILES string of the molecule is CCCCCCCCCCCN1C=CN(C)C1CCCCCCC. The van der Waals surface area contributed by atoms with Gasteiger partial charge in [-0.15, -0.1) is 0 Å². The Morgan fingerprint density at radius 2 is 1.12 bits per heavy atom. The molecule has 0 fully saturated rings. The molecule has 0 saturated carbocycles. The number of hydrogen-bond acceptors (Lipinski definition) is 2. The lowest BCUT2D eigenvalue weighted by atomic mass is 10.1. The molecule has 0 aliphatic carbocycles. The molecular weight excluding hydrogens is 292 g/mol. The third-order valence-electron chi connectivity index (χ3n) is 5.43. The van der Waals surface area contributed by atoms with Crippen molar-refractivity contribution < 1.29 is 0 Å². The van der Waals surface area contributed by atoms with Crippen LogP contribution in [0.5, 0.6) is 0 Å². The third-order valence-corrected chi connectivity index (χ3v) is 5.43. The van der Waals surface area contributed by atoms with Crippen LogP contribution in [0.25, 0.3) is 0 Å². The van der Waals surface area contributed by atoms with Crippen LogP contribution in [0.4, 0.5) is 0 Å². The highest BCUT2D eigenvalue weighted by Crippen LogP contribution is 2.21. The van der Waals surface area contributed by atoms with Gasteiger partial charge in [-0.1, -0.05) is 90.9 Å². The van der Waals surface area contributed by atoms with E-state index in [0.717, 1.165) is 0 Å². The quantitative estimate of drug-likeness (QED) is 0.282. The first-order chi connectivity index (χ1) is 11.8. The molecule has 0 spiro atoms. The molecule has 1 heterocycles. The van der Waals surface area contributed by atoms with Crippen LogP contribution in [-0.2, 0) is 0 Å². The lowest BCUT2D eigenvalue weighted by Gasteiger charge is -2.30. The van der Waals surface area contributed by atoms with Crippen molar-refractivity contribution in [1.29, 1.82) is 0 Å². The average molecular weight is 337 g/mol. The van der Waals surface area contributed by atoms with E-state index in [0.29, 0.717) is 6.17 Å². The van der Waals surface area contributed by atoms with Crippen molar-refractivity contribution in [2.45, 2.75) is 116 Å². The Bertz CT molecular complexity index is 300. The van der Waals surface area contributed by atoms with E-state index in [2.05, 4.69) is 43.1 Å². The Labute approximate surface area is 152 Å². The Morgan fingerprint density at radius 3 is 1.71 bits per heavy atom. The molecule has 142 valence electrons. The zero-order chi connectivity index (χ0) is 17.5. The molecule has 1 atom stereocenters. The van der Waals surface area contributed by atoms with Crippen LogP contribution in [0.1, 0.15) is 110 Å². The highest BCUT2D eigenvalue weighted by Gasteiger charge is 2.22.